The number of aryl methyl sites for hydroxylation is 2. The van der Waals surface area contributed by atoms with E-state index in [0.717, 1.165) is 27.5 Å². The molecule has 0 saturated carbocycles. The number of nitrogens with one attached hydrogen (secondary N) is 1. The molecule has 0 aliphatic carbocycles. The number of imidazole rings is 1. The number of aliphatic hydroxyl groups is 1. The van der Waals surface area contributed by atoms with E-state index >= 15 is 0 Å². The average molecular weight is 453 g/mol. The molecule has 2 aromatic heterocycles. The molecule has 2 aromatic carbocycles. The highest BCUT2D eigenvalue weighted by Crippen LogP contribution is 2.25. The molecule has 174 valence electrons. The zero-order valence-electron chi connectivity index (χ0n) is 19.1. The largest absolute Gasteiger partial charge is 0.490 e. The number of fused-ring (bicyclic) bond motifs is 2. The molecule has 0 radical (unpaired) electrons. The highest BCUT2D eigenvalue weighted by atomic mass is 16.5. The van der Waals surface area contributed by atoms with Crippen molar-refractivity contribution >= 4 is 16.4 Å². The second-order valence-electron chi connectivity index (χ2n) is 8.37. The lowest BCUT2D eigenvalue weighted by Gasteiger charge is -2.17. The summed E-state index contributed by atoms with van der Waals surface area (Å²) in [5.74, 6) is 0.758. The maximum atomic E-state index is 12.6. The van der Waals surface area contributed by atoms with Gasteiger partial charge in [-0.15, -0.1) is 4.52 Å². The van der Waals surface area contributed by atoms with E-state index < -0.39 is 6.10 Å². The van der Waals surface area contributed by atoms with Crippen LogP contribution in [0, 0.1) is 0 Å². The fourth-order valence-electron chi connectivity index (χ4n) is 3.94. The van der Waals surface area contributed by atoms with Crippen LogP contribution in [0.2, 0.25) is 0 Å². The minimum atomic E-state index is -0.656. The number of hydrogen-bond acceptors (Lipinski definition) is 5. The summed E-state index contributed by atoms with van der Waals surface area (Å²) in [6.45, 7) is 3.21. The number of benzene rings is 2. The smallest absolute Gasteiger partial charge is 0.372 e. The Morgan fingerprint density at radius 3 is 2.70 bits per heavy atom. The first-order valence-corrected chi connectivity index (χ1v) is 11.1. The van der Waals surface area contributed by atoms with Crippen LogP contribution in [0.25, 0.3) is 16.4 Å². The molecule has 9 nitrogen and oxygen atoms in total. The van der Waals surface area contributed by atoms with Crippen LogP contribution in [-0.2, 0) is 20.6 Å². The van der Waals surface area contributed by atoms with E-state index in [2.05, 4.69) is 5.32 Å². The van der Waals surface area contributed by atoms with E-state index in [9.17, 15) is 14.7 Å². The number of rotatable bonds is 9. The first kappa shape index (κ1) is 22.8. The molecule has 0 aliphatic heterocycles. The van der Waals surface area contributed by atoms with Crippen LogP contribution >= 0.6 is 0 Å². The van der Waals surface area contributed by atoms with E-state index in [0.29, 0.717) is 18.7 Å². The Morgan fingerprint density at radius 2 is 1.88 bits per heavy atom. The van der Waals surface area contributed by atoms with Gasteiger partial charge in [-0.25, -0.2) is 9.36 Å². The fraction of sp³-hybridized carbons (Fsp3) is 0.375. The van der Waals surface area contributed by atoms with Crippen molar-refractivity contribution < 1.29 is 14.4 Å². The fourth-order valence-corrected chi connectivity index (χ4v) is 3.94. The van der Waals surface area contributed by atoms with Crippen molar-refractivity contribution in [3.05, 3.63) is 75.7 Å². The van der Waals surface area contributed by atoms with E-state index in [1.165, 1.54) is 11.7 Å². The summed E-state index contributed by atoms with van der Waals surface area (Å²) in [5, 5.41) is 15.8. The van der Waals surface area contributed by atoms with E-state index in [-0.39, 0.29) is 23.9 Å². The van der Waals surface area contributed by atoms with E-state index in [1.54, 1.807) is 24.0 Å². The summed E-state index contributed by atoms with van der Waals surface area (Å²) in [6.07, 6.45) is 3.60. The average Bonchev–Trinajstić information content (AvgIpc) is 3.26. The predicted octanol–water partition coefficient (Wildman–Crippen LogP) is 0.586. The zero-order chi connectivity index (χ0) is 23.5. The Morgan fingerprint density at radius 1 is 1.12 bits per heavy atom. The zero-order valence-corrected chi connectivity index (χ0v) is 19.1. The van der Waals surface area contributed by atoms with E-state index in [1.807, 2.05) is 54.0 Å². The number of nitrogens with zero attached hydrogens (tertiary/aromatic N) is 4. The molecule has 33 heavy (non-hydrogen) atoms. The quantitative estimate of drug-likeness (QED) is 0.363. The van der Waals surface area contributed by atoms with Crippen molar-refractivity contribution in [1.29, 1.82) is 0 Å². The Hall–Kier alpha value is -3.43. The normalized spacial score (nSPS) is 13.5. The molecule has 2 N–H and O–H groups in total. The molecular formula is C24H30N5O4+. The van der Waals surface area contributed by atoms with Crippen LogP contribution in [0.4, 0.5) is 0 Å². The Balaban J connectivity index is 1.30. The number of aromatic nitrogens is 4. The lowest BCUT2D eigenvalue weighted by molar-refractivity contribution is -0.672. The lowest BCUT2D eigenvalue weighted by Crippen LogP contribution is -2.47. The number of hydrogen-bond donors (Lipinski definition) is 2. The number of aliphatic hydroxyl groups excluding tert-OH is 1. The highest BCUT2D eigenvalue weighted by molar-refractivity contribution is 5.88. The molecule has 0 saturated heterocycles. The SMILES string of the molecule is CC(CC[n+]1ccn2c1c(=O)n(C)c(=O)n2C)NCC(O)COc1cccc2ccccc12. The molecule has 0 amide bonds. The summed E-state index contributed by atoms with van der Waals surface area (Å²) < 4.78 is 11.8. The third-order valence-corrected chi connectivity index (χ3v) is 5.95. The van der Waals surface area contributed by atoms with Gasteiger partial charge in [0.2, 0.25) is 0 Å². The molecule has 2 heterocycles. The van der Waals surface area contributed by atoms with Gasteiger partial charge in [0, 0.05) is 31.4 Å². The van der Waals surface area contributed by atoms with Gasteiger partial charge in [-0.1, -0.05) is 36.4 Å². The van der Waals surface area contributed by atoms with E-state index in [4.69, 9.17) is 4.74 Å². The van der Waals surface area contributed by atoms with Crippen molar-refractivity contribution in [3.63, 3.8) is 0 Å². The van der Waals surface area contributed by atoms with Crippen LogP contribution in [0.3, 0.4) is 0 Å². The third kappa shape index (κ3) is 4.69. The molecule has 0 spiro atoms. The molecule has 0 aliphatic rings. The first-order chi connectivity index (χ1) is 15.9. The standard InChI is InChI=1S/C24H30N5O4/c1-17(11-12-28-13-14-29-22(28)23(31)26(2)24(32)27(29)3)25-15-19(30)16-33-21-10-6-8-18-7-4-5-9-20(18)21/h4-10,13-14,17,19,25,30H,11-12,15-16H2,1-3H3/q+1. The molecule has 0 bridgehead atoms. The minimum absolute atomic E-state index is 0.107. The van der Waals surface area contributed by atoms with Crippen LogP contribution < -0.4 is 25.9 Å². The van der Waals surface area contributed by atoms with Crippen molar-refractivity contribution in [3.8, 4) is 5.75 Å². The summed E-state index contributed by atoms with van der Waals surface area (Å²) in [5.41, 5.74) is -0.259. The van der Waals surface area contributed by atoms with Gasteiger partial charge in [0.1, 0.15) is 24.7 Å². The monoisotopic (exact) mass is 452 g/mol. The summed E-state index contributed by atoms with van der Waals surface area (Å²) in [6, 6.07) is 14.0. The van der Waals surface area contributed by atoms with Crippen LogP contribution in [0.15, 0.2) is 64.4 Å². The van der Waals surface area contributed by atoms with Gasteiger partial charge in [0.15, 0.2) is 6.20 Å². The van der Waals surface area contributed by atoms with Crippen molar-refractivity contribution in [2.75, 3.05) is 13.2 Å². The lowest BCUT2D eigenvalue weighted by atomic mass is 10.1. The second kappa shape index (κ2) is 9.60. The maximum absolute atomic E-state index is 12.6. The van der Waals surface area contributed by atoms with Gasteiger partial charge in [-0.2, -0.15) is 4.68 Å². The Labute approximate surface area is 191 Å². The predicted molar refractivity (Wildman–Crippen MR) is 126 cm³/mol. The van der Waals surface area contributed by atoms with Gasteiger partial charge in [-0.05, 0) is 18.4 Å². The first-order valence-electron chi connectivity index (χ1n) is 11.1. The number of ether oxygens (including phenoxy) is 1. The van der Waals surface area contributed by atoms with Gasteiger partial charge in [-0.3, -0.25) is 9.36 Å². The molecule has 0 fully saturated rings. The Kier molecular flexibility index (Phi) is 6.62. The second-order valence-corrected chi connectivity index (χ2v) is 8.37. The van der Waals surface area contributed by atoms with Crippen LogP contribution in [0.1, 0.15) is 13.3 Å². The van der Waals surface area contributed by atoms with Gasteiger partial charge < -0.3 is 15.2 Å². The van der Waals surface area contributed by atoms with Gasteiger partial charge >= 0.3 is 16.9 Å². The molecule has 9 heteroatoms. The van der Waals surface area contributed by atoms with Crippen LogP contribution in [-0.4, -0.2) is 44.2 Å². The summed E-state index contributed by atoms with van der Waals surface area (Å²) in [7, 11) is 3.11. The van der Waals surface area contributed by atoms with Crippen molar-refractivity contribution in [2.24, 2.45) is 14.1 Å². The van der Waals surface area contributed by atoms with Crippen LogP contribution in [0.5, 0.6) is 5.75 Å². The molecule has 2 atom stereocenters. The third-order valence-electron chi connectivity index (χ3n) is 5.95. The Bertz CT molecular complexity index is 1380. The molecule has 4 aromatic rings. The van der Waals surface area contributed by atoms with Crippen molar-refractivity contribution in [2.45, 2.75) is 32.0 Å². The van der Waals surface area contributed by atoms with Gasteiger partial charge in [0.05, 0.1) is 13.6 Å². The molecule has 2 unspecified atom stereocenters. The van der Waals surface area contributed by atoms with Crippen molar-refractivity contribution in [1.82, 2.24) is 19.1 Å². The maximum Gasteiger partial charge on any atom is 0.372 e. The topological polar surface area (TPSA) is 93.8 Å². The molecular weight excluding hydrogens is 422 g/mol. The summed E-state index contributed by atoms with van der Waals surface area (Å²) >= 11 is 0. The summed E-state index contributed by atoms with van der Waals surface area (Å²) in [4.78, 5) is 24.6. The highest BCUT2D eigenvalue weighted by Gasteiger charge is 2.20. The molecule has 4 rings (SSSR count). The minimum Gasteiger partial charge on any atom is -0.490 e. The van der Waals surface area contributed by atoms with Gasteiger partial charge in [0.25, 0.3) is 0 Å².